The molecule has 10 heteroatoms. The maximum absolute atomic E-state index is 12.9. The van der Waals surface area contributed by atoms with Crippen LogP contribution in [0.4, 0.5) is 24.7 Å². The van der Waals surface area contributed by atoms with Crippen LogP contribution in [-0.4, -0.2) is 51.5 Å². The zero-order valence-corrected chi connectivity index (χ0v) is 16.6. The van der Waals surface area contributed by atoms with E-state index in [9.17, 15) is 13.2 Å². The highest BCUT2D eigenvalue weighted by atomic mass is 19.4. The van der Waals surface area contributed by atoms with E-state index in [-0.39, 0.29) is 17.7 Å². The molecule has 0 aliphatic carbocycles. The Hall–Kier alpha value is -3.30. The molecule has 3 heterocycles. The minimum Gasteiger partial charge on any atom is -0.369 e. The van der Waals surface area contributed by atoms with Gasteiger partial charge in [-0.15, -0.1) is 0 Å². The van der Waals surface area contributed by atoms with Crippen molar-refractivity contribution in [2.75, 3.05) is 24.5 Å². The van der Waals surface area contributed by atoms with E-state index in [4.69, 9.17) is 5.73 Å². The second-order valence-electron chi connectivity index (χ2n) is 7.40. The lowest BCUT2D eigenvalue weighted by Gasteiger charge is -2.41. The van der Waals surface area contributed by atoms with Crippen molar-refractivity contribution >= 4 is 28.5 Å². The Morgan fingerprint density at radius 2 is 2.07 bits per heavy atom. The molecule has 2 aromatic heterocycles. The minimum absolute atomic E-state index is 0.00226. The Bertz CT molecular complexity index is 1090. The maximum Gasteiger partial charge on any atom is 0.416 e. The molecule has 30 heavy (non-hydrogen) atoms. The van der Waals surface area contributed by atoms with E-state index in [2.05, 4.69) is 24.8 Å². The van der Waals surface area contributed by atoms with Gasteiger partial charge >= 0.3 is 6.18 Å². The molecule has 1 fully saturated rings. The third-order valence-electron chi connectivity index (χ3n) is 5.29. The first-order chi connectivity index (χ1) is 14.2. The highest BCUT2D eigenvalue weighted by molar-refractivity contribution is 5.90. The molecule has 0 unspecified atom stereocenters. The van der Waals surface area contributed by atoms with Crippen molar-refractivity contribution in [1.82, 2.24) is 19.9 Å². The Labute approximate surface area is 171 Å². The minimum atomic E-state index is -4.42. The lowest BCUT2D eigenvalue weighted by atomic mass is 10.1. The Balaban J connectivity index is 1.53. The third-order valence-corrected chi connectivity index (χ3v) is 5.29. The second kappa shape index (κ2) is 7.51. The number of rotatable bonds is 2. The van der Waals surface area contributed by atoms with Gasteiger partial charge < -0.3 is 20.5 Å². The van der Waals surface area contributed by atoms with Gasteiger partial charge in [-0.3, -0.25) is 0 Å². The zero-order chi connectivity index (χ0) is 21.5. The van der Waals surface area contributed by atoms with Crippen LogP contribution < -0.4 is 10.6 Å². The van der Waals surface area contributed by atoms with E-state index < -0.39 is 11.7 Å². The Morgan fingerprint density at radius 3 is 2.80 bits per heavy atom. The molecule has 158 valence electrons. The van der Waals surface area contributed by atoms with E-state index in [1.165, 1.54) is 18.5 Å². The number of aryl methyl sites for hydroxylation is 1. The van der Waals surface area contributed by atoms with Crippen molar-refractivity contribution in [3.05, 3.63) is 47.9 Å². The summed E-state index contributed by atoms with van der Waals surface area (Å²) in [6, 6.07) is 4.85. The van der Waals surface area contributed by atoms with Gasteiger partial charge in [0.05, 0.1) is 16.6 Å². The van der Waals surface area contributed by atoms with Gasteiger partial charge in [0.25, 0.3) is 0 Å². The summed E-state index contributed by atoms with van der Waals surface area (Å²) < 4.78 is 38.8. The lowest BCUT2D eigenvalue weighted by molar-refractivity contribution is -0.137. The SMILES string of the molecule is Cc1c[nH]c2ncnc(N3CCN(C(N)=Nc4cccc(C(F)(F)F)c4)[C@@H](C)C3)c12. The molecule has 1 aromatic carbocycles. The predicted molar refractivity (Wildman–Crippen MR) is 110 cm³/mol. The van der Waals surface area contributed by atoms with Crippen LogP contribution in [0.5, 0.6) is 0 Å². The number of aromatic nitrogens is 3. The summed E-state index contributed by atoms with van der Waals surface area (Å²) in [7, 11) is 0. The van der Waals surface area contributed by atoms with Crippen molar-refractivity contribution in [3.63, 3.8) is 0 Å². The molecule has 0 amide bonds. The molecule has 1 saturated heterocycles. The summed E-state index contributed by atoms with van der Waals surface area (Å²) in [4.78, 5) is 20.2. The van der Waals surface area contributed by atoms with E-state index in [0.717, 1.165) is 34.5 Å². The number of H-pyrrole nitrogens is 1. The molecule has 0 saturated carbocycles. The number of hydrogen-bond acceptors (Lipinski definition) is 4. The highest BCUT2D eigenvalue weighted by Gasteiger charge is 2.31. The topological polar surface area (TPSA) is 86.4 Å². The summed E-state index contributed by atoms with van der Waals surface area (Å²) >= 11 is 0. The van der Waals surface area contributed by atoms with Crippen molar-refractivity contribution in [1.29, 1.82) is 0 Å². The molecule has 3 N–H and O–H groups in total. The first-order valence-electron chi connectivity index (χ1n) is 9.55. The number of halogens is 3. The van der Waals surface area contributed by atoms with Gasteiger partial charge in [-0.05, 0) is 37.6 Å². The summed E-state index contributed by atoms with van der Waals surface area (Å²) in [6.45, 7) is 5.88. The fraction of sp³-hybridized carbons (Fsp3) is 0.350. The average Bonchev–Trinajstić information content (AvgIpc) is 3.08. The summed E-state index contributed by atoms with van der Waals surface area (Å²) in [5, 5.41) is 0.990. The van der Waals surface area contributed by atoms with Gasteiger partial charge in [0.15, 0.2) is 5.96 Å². The van der Waals surface area contributed by atoms with Gasteiger partial charge in [0.1, 0.15) is 17.8 Å². The standard InChI is InChI=1S/C20H22F3N7/c1-12-9-25-17-16(12)18(27-11-26-17)29-6-7-30(13(2)10-29)19(24)28-15-5-3-4-14(8-15)20(21,22)23/h3-5,8-9,11,13H,6-7,10H2,1-2H3,(H2,24,28)(H,25,26,27)/t13-/m0/s1. The summed E-state index contributed by atoms with van der Waals surface area (Å²) in [5.41, 5.74) is 7.45. The molecule has 1 aliphatic heterocycles. The number of piperazine rings is 1. The molecule has 7 nitrogen and oxygen atoms in total. The first kappa shape index (κ1) is 20.0. The van der Waals surface area contributed by atoms with Crippen molar-refractivity contribution < 1.29 is 13.2 Å². The number of anilines is 1. The van der Waals surface area contributed by atoms with Gasteiger partial charge in [-0.25, -0.2) is 15.0 Å². The van der Waals surface area contributed by atoms with E-state index in [1.807, 2.05) is 24.9 Å². The van der Waals surface area contributed by atoms with Crippen LogP contribution in [0.2, 0.25) is 0 Å². The first-order valence-corrected chi connectivity index (χ1v) is 9.55. The number of alkyl halides is 3. The van der Waals surface area contributed by atoms with Gasteiger partial charge in [-0.2, -0.15) is 13.2 Å². The van der Waals surface area contributed by atoms with Crippen LogP contribution >= 0.6 is 0 Å². The fourth-order valence-corrected chi connectivity index (χ4v) is 3.78. The molecule has 0 spiro atoms. The normalized spacial score (nSPS) is 18.3. The number of guanidine groups is 1. The zero-order valence-electron chi connectivity index (χ0n) is 16.6. The van der Waals surface area contributed by atoms with Gasteiger partial charge in [-0.1, -0.05) is 6.07 Å². The smallest absolute Gasteiger partial charge is 0.369 e. The Morgan fingerprint density at radius 1 is 1.27 bits per heavy atom. The Kier molecular flexibility index (Phi) is 5.00. The maximum atomic E-state index is 12.9. The van der Waals surface area contributed by atoms with Gasteiger partial charge in [0.2, 0.25) is 0 Å². The number of fused-ring (bicyclic) bond motifs is 1. The average molecular weight is 417 g/mol. The number of nitrogens with zero attached hydrogens (tertiary/aromatic N) is 5. The largest absolute Gasteiger partial charge is 0.416 e. The third kappa shape index (κ3) is 3.77. The van der Waals surface area contributed by atoms with Crippen LogP contribution in [-0.2, 0) is 6.18 Å². The van der Waals surface area contributed by atoms with E-state index in [1.54, 1.807) is 0 Å². The molecule has 1 atom stereocenters. The molecule has 3 aromatic rings. The van der Waals surface area contributed by atoms with Crippen LogP contribution in [0, 0.1) is 6.92 Å². The van der Waals surface area contributed by atoms with Crippen molar-refractivity contribution in [2.45, 2.75) is 26.1 Å². The number of aromatic amines is 1. The molecule has 0 radical (unpaired) electrons. The molecule has 0 bridgehead atoms. The number of aliphatic imine (C=N–C) groups is 1. The second-order valence-corrected chi connectivity index (χ2v) is 7.40. The van der Waals surface area contributed by atoms with Crippen LogP contribution in [0.25, 0.3) is 11.0 Å². The molecular formula is C20H22F3N7. The summed E-state index contributed by atoms with van der Waals surface area (Å²) in [5.74, 6) is 1.06. The quantitative estimate of drug-likeness (QED) is 0.493. The predicted octanol–water partition coefficient (Wildman–Crippen LogP) is 3.44. The number of nitrogens with one attached hydrogen (secondary N) is 1. The van der Waals surface area contributed by atoms with E-state index >= 15 is 0 Å². The van der Waals surface area contributed by atoms with Gasteiger partial charge in [0, 0.05) is 31.9 Å². The molecular weight excluding hydrogens is 395 g/mol. The number of hydrogen-bond donors (Lipinski definition) is 2. The summed E-state index contributed by atoms with van der Waals surface area (Å²) in [6.07, 6.45) is -0.977. The molecule has 1 aliphatic rings. The van der Waals surface area contributed by atoms with Crippen LogP contribution in [0.3, 0.4) is 0 Å². The monoisotopic (exact) mass is 417 g/mol. The number of nitrogens with two attached hydrogens (primary N) is 1. The number of benzene rings is 1. The van der Waals surface area contributed by atoms with Crippen LogP contribution in [0.15, 0.2) is 41.8 Å². The van der Waals surface area contributed by atoms with E-state index in [0.29, 0.717) is 19.6 Å². The lowest BCUT2D eigenvalue weighted by Crippen LogP contribution is -2.56. The van der Waals surface area contributed by atoms with Crippen molar-refractivity contribution in [2.24, 2.45) is 10.7 Å². The highest BCUT2D eigenvalue weighted by Crippen LogP contribution is 2.32. The molecule has 4 rings (SSSR count). The van der Waals surface area contributed by atoms with Crippen LogP contribution in [0.1, 0.15) is 18.1 Å². The van der Waals surface area contributed by atoms with Crippen molar-refractivity contribution in [3.8, 4) is 0 Å². The fourth-order valence-electron chi connectivity index (χ4n) is 3.78.